The molecule has 0 saturated carbocycles. The molecule has 0 aromatic rings. The molecule has 1 heterocycles. The summed E-state index contributed by atoms with van der Waals surface area (Å²) in [4.78, 5) is 2.18. The molecular weight excluding hydrogens is 198 g/mol. The zero-order valence-corrected chi connectivity index (χ0v) is 10.4. The maximum absolute atomic E-state index is 5.37. The largest absolute Gasteiger partial charge is 0.504 e. The van der Waals surface area contributed by atoms with Gasteiger partial charge in [0.1, 0.15) is 0 Å². The molecule has 82 valence electrons. The van der Waals surface area contributed by atoms with Crippen LogP contribution in [0.3, 0.4) is 0 Å². The highest BCUT2D eigenvalue weighted by atomic mass is 28.4. The van der Waals surface area contributed by atoms with Gasteiger partial charge in [0.05, 0.1) is 0 Å². The Morgan fingerprint density at radius 3 is 2.21 bits per heavy atom. The van der Waals surface area contributed by atoms with Gasteiger partial charge in [-0.25, -0.2) is 0 Å². The Kier molecular flexibility index (Phi) is 4.12. The van der Waals surface area contributed by atoms with Crippen LogP contribution in [-0.2, 0) is 13.3 Å². The molecule has 0 aliphatic carbocycles. The van der Waals surface area contributed by atoms with Gasteiger partial charge in [-0.2, -0.15) is 0 Å². The van der Waals surface area contributed by atoms with Crippen LogP contribution in [0.2, 0.25) is 6.04 Å². The van der Waals surface area contributed by atoms with Gasteiger partial charge in [-0.15, -0.1) is 0 Å². The van der Waals surface area contributed by atoms with Crippen molar-refractivity contribution in [3.05, 3.63) is 11.8 Å². The second-order valence-electron chi connectivity index (χ2n) is 3.49. The SMILES string of the molecule is CO[Si](CC1=CN(C)CC1)(OC)OC. The van der Waals surface area contributed by atoms with Crippen molar-refractivity contribution in [3.63, 3.8) is 0 Å². The minimum absolute atomic E-state index is 0.792. The Morgan fingerprint density at radius 1 is 1.29 bits per heavy atom. The second kappa shape index (κ2) is 4.93. The third-order valence-electron chi connectivity index (χ3n) is 2.57. The van der Waals surface area contributed by atoms with Crippen LogP contribution < -0.4 is 0 Å². The molecule has 0 radical (unpaired) electrons. The molecule has 0 amide bonds. The van der Waals surface area contributed by atoms with Crippen LogP contribution >= 0.6 is 0 Å². The maximum atomic E-state index is 5.37. The molecule has 1 aliphatic heterocycles. The summed E-state index contributed by atoms with van der Waals surface area (Å²) >= 11 is 0. The summed E-state index contributed by atoms with van der Waals surface area (Å²) in [6, 6.07) is 0.792. The zero-order valence-electron chi connectivity index (χ0n) is 9.37. The minimum atomic E-state index is -2.41. The van der Waals surface area contributed by atoms with Crippen molar-refractivity contribution >= 4 is 8.80 Å². The van der Waals surface area contributed by atoms with Gasteiger partial charge < -0.3 is 18.2 Å². The van der Waals surface area contributed by atoms with Crippen molar-refractivity contribution in [2.75, 3.05) is 34.9 Å². The van der Waals surface area contributed by atoms with Gasteiger partial charge in [0.25, 0.3) is 0 Å². The summed E-state index contributed by atoms with van der Waals surface area (Å²) in [5.74, 6) is 0. The van der Waals surface area contributed by atoms with Gasteiger partial charge in [-0.3, -0.25) is 0 Å². The lowest BCUT2D eigenvalue weighted by molar-refractivity contribution is 0.126. The van der Waals surface area contributed by atoms with E-state index in [2.05, 4.69) is 18.1 Å². The molecule has 4 nitrogen and oxygen atoms in total. The summed E-state index contributed by atoms with van der Waals surface area (Å²) in [6.45, 7) is 1.08. The third-order valence-corrected chi connectivity index (χ3v) is 5.32. The topological polar surface area (TPSA) is 30.9 Å². The molecule has 0 fully saturated rings. The van der Waals surface area contributed by atoms with Crippen molar-refractivity contribution < 1.29 is 13.3 Å². The van der Waals surface area contributed by atoms with Gasteiger partial charge in [0.15, 0.2) is 0 Å². The fraction of sp³-hybridized carbons (Fsp3) is 0.778. The van der Waals surface area contributed by atoms with Gasteiger partial charge >= 0.3 is 8.80 Å². The molecule has 1 rings (SSSR count). The molecule has 0 N–H and O–H groups in total. The van der Waals surface area contributed by atoms with E-state index < -0.39 is 8.80 Å². The van der Waals surface area contributed by atoms with E-state index in [0.717, 1.165) is 19.0 Å². The van der Waals surface area contributed by atoms with E-state index in [9.17, 15) is 0 Å². The van der Waals surface area contributed by atoms with Gasteiger partial charge in [0, 0.05) is 41.0 Å². The van der Waals surface area contributed by atoms with Gasteiger partial charge in [-0.05, 0) is 18.2 Å². The van der Waals surface area contributed by atoms with Crippen LogP contribution in [0.15, 0.2) is 11.8 Å². The lowest BCUT2D eigenvalue weighted by atomic mass is 10.3. The van der Waals surface area contributed by atoms with Crippen molar-refractivity contribution in [3.8, 4) is 0 Å². The highest BCUT2D eigenvalue weighted by Crippen LogP contribution is 2.24. The number of rotatable bonds is 5. The molecular formula is C9H19NO3Si. The quantitative estimate of drug-likeness (QED) is 0.645. The third kappa shape index (κ3) is 2.57. The Balaban J connectivity index is 2.60. The first kappa shape index (κ1) is 11.7. The Hall–Kier alpha value is -0.363. The molecule has 1 aliphatic rings. The monoisotopic (exact) mass is 217 g/mol. The van der Waals surface area contributed by atoms with E-state index in [-0.39, 0.29) is 0 Å². The minimum Gasteiger partial charge on any atom is -0.380 e. The Labute approximate surface area is 86.8 Å². The molecule has 0 aromatic carbocycles. The predicted octanol–water partition coefficient (Wildman–Crippen LogP) is 1.08. The van der Waals surface area contributed by atoms with Crippen LogP contribution in [0.4, 0.5) is 0 Å². The normalized spacial score (nSPS) is 17.4. The first-order valence-electron chi connectivity index (χ1n) is 4.71. The first-order chi connectivity index (χ1) is 6.65. The van der Waals surface area contributed by atoms with E-state index in [1.807, 2.05) is 0 Å². The highest BCUT2D eigenvalue weighted by Gasteiger charge is 2.39. The van der Waals surface area contributed by atoms with Crippen molar-refractivity contribution in [1.82, 2.24) is 4.90 Å². The van der Waals surface area contributed by atoms with E-state index in [0.29, 0.717) is 0 Å². The van der Waals surface area contributed by atoms with Crippen LogP contribution in [-0.4, -0.2) is 48.6 Å². The number of nitrogens with zero attached hydrogens (tertiary/aromatic N) is 1. The van der Waals surface area contributed by atoms with Crippen molar-refractivity contribution in [1.29, 1.82) is 0 Å². The average molecular weight is 217 g/mol. The van der Waals surface area contributed by atoms with E-state index in [1.165, 1.54) is 5.57 Å². The first-order valence-corrected chi connectivity index (χ1v) is 6.64. The maximum Gasteiger partial charge on any atom is 0.504 e. The standard InChI is InChI=1S/C9H19NO3Si/c1-10-6-5-9(7-10)8-14(11-2,12-3)13-4/h7H,5-6,8H2,1-4H3. The number of hydrogen-bond acceptors (Lipinski definition) is 4. The molecule has 0 bridgehead atoms. The molecule has 0 atom stereocenters. The van der Waals surface area contributed by atoms with E-state index >= 15 is 0 Å². The summed E-state index contributed by atoms with van der Waals surface area (Å²) in [5.41, 5.74) is 1.35. The fourth-order valence-electron chi connectivity index (χ4n) is 1.64. The summed E-state index contributed by atoms with van der Waals surface area (Å²) < 4.78 is 16.1. The van der Waals surface area contributed by atoms with E-state index in [1.54, 1.807) is 21.3 Å². The van der Waals surface area contributed by atoms with Crippen molar-refractivity contribution in [2.45, 2.75) is 12.5 Å². The van der Waals surface area contributed by atoms with Crippen LogP contribution in [0.25, 0.3) is 0 Å². The molecule has 5 heteroatoms. The Bertz CT molecular complexity index is 208. The fourth-order valence-corrected chi connectivity index (χ4v) is 3.40. The highest BCUT2D eigenvalue weighted by molar-refractivity contribution is 6.61. The summed E-state index contributed by atoms with van der Waals surface area (Å²) in [7, 11) is 4.62. The molecule has 0 aromatic heterocycles. The summed E-state index contributed by atoms with van der Waals surface area (Å²) in [6.07, 6.45) is 3.24. The van der Waals surface area contributed by atoms with Crippen LogP contribution in [0.1, 0.15) is 6.42 Å². The van der Waals surface area contributed by atoms with Crippen molar-refractivity contribution in [2.24, 2.45) is 0 Å². The average Bonchev–Trinajstić information content (AvgIpc) is 2.61. The zero-order chi connectivity index (χ0) is 10.6. The molecule has 0 saturated heterocycles. The lowest BCUT2D eigenvalue weighted by Gasteiger charge is -2.24. The smallest absolute Gasteiger partial charge is 0.380 e. The predicted molar refractivity (Wildman–Crippen MR) is 56.9 cm³/mol. The second-order valence-corrected chi connectivity index (χ2v) is 6.43. The van der Waals surface area contributed by atoms with Crippen LogP contribution in [0.5, 0.6) is 0 Å². The Morgan fingerprint density at radius 2 is 1.86 bits per heavy atom. The molecule has 0 unspecified atom stereocenters. The van der Waals surface area contributed by atoms with E-state index in [4.69, 9.17) is 13.3 Å². The lowest BCUT2D eigenvalue weighted by Crippen LogP contribution is -2.42. The molecule has 14 heavy (non-hydrogen) atoms. The van der Waals surface area contributed by atoms with Gasteiger partial charge in [-0.1, -0.05) is 0 Å². The summed E-state index contributed by atoms with van der Waals surface area (Å²) in [5, 5.41) is 0. The van der Waals surface area contributed by atoms with Gasteiger partial charge in [0.2, 0.25) is 0 Å². The number of hydrogen-bond donors (Lipinski definition) is 0. The molecule has 0 spiro atoms. The van der Waals surface area contributed by atoms with Crippen LogP contribution in [0, 0.1) is 0 Å².